The average Bonchev–Trinajstić information content (AvgIpc) is 2.53. The van der Waals surface area contributed by atoms with Crippen LogP contribution in [0.2, 0.25) is 5.28 Å². The molecule has 2 heterocycles. The Morgan fingerprint density at radius 1 is 1.28 bits per heavy atom. The molecule has 0 spiro atoms. The van der Waals surface area contributed by atoms with E-state index in [1.165, 1.54) is 19.3 Å². The smallest absolute Gasteiger partial charge is 0.224 e. The number of nitrogens with zero attached hydrogens (tertiary/aromatic N) is 3. The molecular formula is C14H22ClN3. The van der Waals surface area contributed by atoms with Crippen molar-refractivity contribution in [2.24, 2.45) is 11.3 Å². The van der Waals surface area contributed by atoms with Gasteiger partial charge in [-0.15, -0.1) is 0 Å². The Kier molecular flexibility index (Phi) is 4.10. The molecule has 1 aliphatic rings. The van der Waals surface area contributed by atoms with E-state index in [9.17, 15) is 0 Å². The molecule has 2 rings (SSSR count). The third kappa shape index (κ3) is 3.35. The maximum absolute atomic E-state index is 5.86. The van der Waals surface area contributed by atoms with Gasteiger partial charge in [0, 0.05) is 19.3 Å². The second-order valence-electron chi connectivity index (χ2n) is 6.16. The summed E-state index contributed by atoms with van der Waals surface area (Å²) in [6.07, 6.45) is 5.49. The summed E-state index contributed by atoms with van der Waals surface area (Å²) in [6.45, 7) is 9.16. The minimum atomic E-state index is 0.337. The van der Waals surface area contributed by atoms with E-state index >= 15 is 0 Å². The van der Waals surface area contributed by atoms with E-state index in [1.807, 2.05) is 6.07 Å². The van der Waals surface area contributed by atoms with Gasteiger partial charge in [0.25, 0.3) is 0 Å². The van der Waals surface area contributed by atoms with Crippen LogP contribution in [0.5, 0.6) is 0 Å². The Labute approximate surface area is 115 Å². The molecule has 100 valence electrons. The van der Waals surface area contributed by atoms with Gasteiger partial charge < -0.3 is 4.90 Å². The molecule has 1 aromatic rings. The zero-order chi connectivity index (χ0) is 13.2. The number of anilines is 1. The topological polar surface area (TPSA) is 29.0 Å². The van der Waals surface area contributed by atoms with E-state index in [0.29, 0.717) is 10.7 Å². The monoisotopic (exact) mass is 267 g/mol. The average molecular weight is 268 g/mol. The van der Waals surface area contributed by atoms with E-state index in [-0.39, 0.29) is 0 Å². The van der Waals surface area contributed by atoms with Gasteiger partial charge in [-0.3, -0.25) is 0 Å². The number of aromatic nitrogens is 2. The summed E-state index contributed by atoms with van der Waals surface area (Å²) in [7, 11) is 0. The van der Waals surface area contributed by atoms with Crippen molar-refractivity contribution < 1.29 is 0 Å². The van der Waals surface area contributed by atoms with E-state index < -0.39 is 0 Å². The molecule has 4 heteroatoms. The molecule has 0 aliphatic carbocycles. The molecule has 1 aliphatic heterocycles. The first-order valence-corrected chi connectivity index (χ1v) is 7.08. The van der Waals surface area contributed by atoms with Gasteiger partial charge in [0.2, 0.25) is 5.28 Å². The predicted octanol–water partition coefficient (Wildman–Crippen LogP) is 3.78. The van der Waals surface area contributed by atoms with Gasteiger partial charge in [-0.25, -0.2) is 9.97 Å². The van der Waals surface area contributed by atoms with Crippen molar-refractivity contribution in [1.82, 2.24) is 9.97 Å². The van der Waals surface area contributed by atoms with E-state index in [2.05, 4.69) is 35.6 Å². The molecule has 1 fully saturated rings. The van der Waals surface area contributed by atoms with Crippen LogP contribution in [0, 0.1) is 11.3 Å². The first-order valence-electron chi connectivity index (χ1n) is 6.70. The molecular weight excluding hydrogens is 246 g/mol. The molecule has 0 radical (unpaired) electrons. The van der Waals surface area contributed by atoms with Gasteiger partial charge in [-0.2, -0.15) is 0 Å². The van der Waals surface area contributed by atoms with Crippen molar-refractivity contribution in [3.8, 4) is 0 Å². The van der Waals surface area contributed by atoms with Gasteiger partial charge >= 0.3 is 0 Å². The molecule has 0 bridgehead atoms. The predicted molar refractivity (Wildman–Crippen MR) is 76.1 cm³/mol. The fourth-order valence-electron chi connectivity index (χ4n) is 2.69. The van der Waals surface area contributed by atoms with Crippen molar-refractivity contribution in [3.63, 3.8) is 0 Å². The molecule has 1 atom stereocenters. The van der Waals surface area contributed by atoms with Crippen molar-refractivity contribution in [2.45, 2.75) is 40.0 Å². The van der Waals surface area contributed by atoms with E-state index in [4.69, 9.17) is 11.6 Å². The van der Waals surface area contributed by atoms with Crippen molar-refractivity contribution in [1.29, 1.82) is 0 Å². The number of hydrogen-bond donors (Lipinski definition) is 0. The van der Waals surface area contributed by atoms with Crippen LogP contribution >= 0.6 is 11.6 Å². The molecule has 0 saturated carbocycles. The second-order valence-corrected chi connectivity index (χ2v) is 6.50. The highest BCUT2D eigenvalue weighted by atomic mass is 35.5. The lowest BCUT2D eigenvalue weighted by Gasteiger charge is -2.29. The summed E-state index contributed by atoms with van der Waals surface area (Å²) < 4.78 is 0. The van der Waals surface area contributed by atoms with Crippen molar-refractivity contribution in [3.05, 3.63) is 17.5 Å². The first kappa shape index (κ1) is 13.6. The summed E-state index contributed by atoms with van der Waals surface area (Å²) in [5.41, 5.74) is 0.402. The van der Waals surface area contributed by atoms with E-state index in [1.54, 1.807) is 6.20 Å². The number of halogens is 1. The normalized spacial score (nSPS) is 21.8. The SMILES string of the molecule is CC(C)(C)C1CCCN(c2ccnc(Cl)n2)CC1. The third-order valence-electron chi connectivity index (χ3n) is 3.89. The maximum Gasteiger partial charge on any atom is 0.224 e. The zero-order valence-electron chi connectivity index (χ0n) is 11.5. The largest absolute Gasteiger partial charge is 0.356 e. The minimum absolute atomic E-state index is 0.337. The van der Waals surface area contributed by atoms with Crippen LogP contribution in [0.3, 0.4) is 0 Å². The molecule has 0 N–H and O–H groups in total. The maximum atomic E-state index is 5.86. The lowest BCUT2D eigenvalue weighted by molar-refractivity contribution is 0.220. The summed E-state index contributed by atoms with van der Waals surface area (Å²) in [6, 6.07) is 1.95. The molecule has 1 saturated heterocycles. The van der Waals surface area contributed by atoms with Crippen LogP contribution < -0.4 is 4.90 Å². The van der Waals surface area contributed by atoms with Crippen LogP contribution in [0.15, 0.2) is 12.3 Å². The molecule has 3 nitrogen and oxygen atoms in total. The highest BCUT2D eigenvalue weighted by Crippen LogP contribution is 2.34. The molecule has 1 aromatic heterocycles. The third-order valence-corrected chi connectivity index (χ3v) is 4.07. The Morgan fingerprint density at radius 2 is 2.06 bits per heavy atom. The van der Waals surface area contributed by atoms with Crippen LogP contribution in [-0.4, -0.2) is 23.1 Å². The summed E-state index contributed by atoms with van der Waals surface area (Å²) in [4.78, 5) is 10.6. The summed E-state index contributed by atoms with van der Waals surface area (Å²) in [5.74, 6) is 1.75. The number of rotatable bonds is 1. The van der Waals surface area contributed by atoms with Crippen molar-refractivity contribution >= 4 is 17.4 Å². The minimum Gasteiger partial charge on any atom is -0.356 e. The van der Waals surface area contributed by atoms with E-state index in [0.717, 1.165) is 24.8 Å². The molecule has 0 aromatic carbocycles. The molecule has 0 amide bonds. The lowest BCUT2D eigenvalue weighted by Crippen LogP contribution is -2.26. The second kappa shape index (κ2) is 5.43. The van der Waals surface area contributed by atoms with Gasteiger partial charge in [0.1, 0.15) is 5.82 Å². The van der Waals surface area contributed by atoms with Crippen LogP contribution in [-0.2, 0) is 0 Å². The Morgan fingerprint density at radius 3 is 2.72 bits per heavy atom. The van der Waals surface area contributed by atoms with Gasteiger partial charge in [0.05, 0.1) is 0 Å². The summed E-state index contributed by atoms with van der Waals surface area (Å²) in [5, 5.41) is 0.337. The molecule has 1 unspecified atom stereocenters. The van der Waals surface area contributed by atoms with Crippen LogP contribution in [0.25, 0.3) is 0 Å². The fourth-order valence-corrected chi connectivity index (χ4v) is 2.84. The zero-order valence-corrected chi connectivity index (χ0v) is 12.2. The van der Waals surface area contributed by atoms with Gasteiger partial charge in [-0.05, 0) is 48.3 Å². The Bertz CT molecular complexity index is 400. The van der Waals surface area contributed by atoms with Gasteiger partial charge in [-0.1, -0.05) is 20.8 Å². The highest BCUT2D eigenvalue weighted by molar-refractivity contribution is 6.28. The summed E-state index contributed by atoms with van der Waals surface area (Å²) >= 11 is 5.86. The first-order chi connectivity index (χ1) is 8.47. The lowest BCUT2D eigenvalue weighted by atomic mass is 9.77. The standard InChI is InChI=1S/C14H22ClN3/c1-14(2,3)11-5-4-9-18(10-7-11)12-6-8-16-13(15)17-12/h6,8,11H,4-5,7,9-10H2,1-3H3. The van der Waals surface area contributed by atoms with Crippen molar-refractivity contribution in [2.75, 3.05) is 18.0 Å². The van der Waals surface area contributed by atoms with Crippen LogP contribution in [0.4, 0.5) is 5.82 Å². The Hall–Kier alpha value is -0.830. The fraction of sp³-hybridized carbons (Fsp3) is 0.714. The Balaban J connectivity index is 2.05. The highest BCUT2D eigenvalue weighted by Gasteiger charge is 2.27. The molecule has 18 heavy (non-hydrogen) atoms. The van der Waals surface area contributed by atoms with Crippen LogP contribution in [0.1, 0.15) is 40.0 Å². The quantitative estimate of drug-likeness (QED) is 0.725. The number of hydrogen-bond acceptors (Lipinski definition) is 3. The van der Waals surface area contributed by atoms with Gasteiger partial charge in [0.15, 0.2) is 0 Å².